The van der Waals surface area contributed by atoms with Crippen LogP contribution in [0.2, 0.25) is 10.0 Å². The summed E-state index contributed by atoms with van der Waals surface area (Å²) in [5.74, 6) is -1.02. The van der Waals surface area contributed by atoms with Gasteiger partial charge in [-0.25, -0.2) is 9.64 Å². The molecule has 0 saturated carbocycles. The Kier molecular flexibility index (Phi) is 5.50. The number of thiophene rings is 1. The van der Waals surface area contributed by atoms with Gasteiger partial charge in [0, 0.05) is 13.1 Å². The third-order valence-electron chi connectivity index (χ3n) is 3.93. The van der Waals surface area contributed by atoms with E-state index in [0.29, 0.717) is 59.0 Å². The van der Waals surface area contributed by atoms with Crippen LogP contribution < -0.4 is 4.90 Å². The molecular weight excluding hydrogens is 383 g/mol. The van der Waals surface area contributed by atoms with Crippen molar-refractivity contribution < 1.29 is 14.6 Å². The lowest BCUT2D eigenvalue weighted by atomic mass is 10.0. The van der Waals surface area contributed by atoms with Crippen molar-refractivity contribution >= 4 is 51.2 Å². The topological polar surface area (TPSA) is 54.1 Å². The zero-order chi connectivity index (χ0) is 18.0. The van der Waals surface area contributed by atoms with Gasteiger partial charge in [0.25, 0.3) is 0 Å². The second kappa shape index (κ2) is 7.63. The number of carboxylic acid groups (broad SMARTS) is 1. The van der Waals surface area contributed by atoms with Crippen LogP contribution >= 0.6 is 34.5 Å². The molecule has 1 saturated heterocycles. The van der Waals surface area contributed by atoms with Crippen LogP contribution in [0.5, 0.6) is 0 Å². The van der Waals surface area contributed by atoms with E-state index in [1.807, 2.05) is 4.90 Å². The molecule has 0 aliphatic carbocycles. The van der Waals surface area contributed by atoms with Gasteiger partial charge in [-0.2, -0.15) is 0 Å². The molecule has 8 heteroatoms. The SMILES string of the molecule is [C-]#[N+]c1c(N2CCOCC2)sc(C(=O)O)c1Cc1ccc(Cl)c(Cl)c1. The summed E-state index contributed by atoms with van der Waals surface area (Å²) < 4.78 is 5.34. The molecule has 2 heterocycles. The molecule has 2 aromatic rings. The molecule has 1 N–H and O–H groups in total. The van der Waals surface area contributed by atoms with E-state index < -0.39 is 5.97 Å². The third kappa shape index (κ3) is 3.75. The highest BCUT2D eigenvalue weighted by atomic mass is 35.5. The van der Waals surface area contributed by atoms with Gasteiger partial charge in [0.2, 0.25) is 5.69 Å². The van der Waals surface area contributed by atoms with Gasteiger partial charge in [0.15, 0.2) is 0 Å². The molecule has 0 unspecified atom stereocenters. The zero-order valence-electron chi connectivity index (χ0n) is 13.1. The van der Waals surface area contributed by atoms with Gasteiger partial charge in [-0.05, 0) is 29.7 Å². The number of carbonyl (C=O) groups is 1. The highest BCUT2D eigenvalue weighted by Gasteiger charge is 2.27. The van der Waals surface area contributed by atoms with E-state index in [2.05, 4.69) is 4.85 Å². The lowest BCUT2D eigenvalue weighted by Gasteiger charge is -2.28. The Bertz CT molecular complexity index is 854. The van der Waals surface area contributed by atoms with Gasteiger partial charge in [0.05, 0.1) is 34.8 Å². The maximum Gasteiger partial charge on any atom is 0.344 e. The summed E-state index contributed by atoms with van der Waals surface area (Å²) in [5, 5.41) is 11.1. The van der Waals surface area contributed by atoms with Crippen LogP contribution in [0.3, 0.4) is 0 Å². The standard InChI is InChI=1S/C17H14Cl2N2O3S/c1-20-14-11(8-10-2-3-12(18)13(19)9-10)15(17(22)23)25-16(14)21-4-6-24-7-5-21/h2-3,9H,4-8H2,(H,22,23). The van der Waals surface area contributed by atoms with Gasteiger partial charge in [-0.3, -0.25) is 0 Å². The Labute approximate surface area is 159 Å². The Morgan fingerprint density at radius 3 is 2.64 bits per heavy atom. The van der Waals surface area contributed by atoms with Crippen molar-refractivity contribution in [2.24, 2.45) is 0 Å². The minimum Gasteiger partial charge on any atom is -0.477 e. The van der Waals surface area contributed by atoms with E-state index in [-0.39, 0.29) is 4.88 Å². The van der Waals surface area contributed by atoms with Gasteiger partial charge in [0.1, 0.15) is 4.88 Å². The van der Waals surface area contributed by atoms with Crippen molar-refractivity contribution in [2.75, 3.05) is 31.2 Å². The molecule has 1 aliphatic rings. The molecule has 0 bridgehead atoms. The number of halogens is 2. The zero-order valence-corrected chi connectivity index (χ0v) is 15.4. The highest BCUT2D eigenvalue weighted by Crippen LogP contribution is 2.44. The van der Waals surface area contributed by atoms with Gasteiger partial charge in [-0.15, -0.1) is 11.3 Å². The van der Waals surface area contributed by atoms with E-state index in [4.69, 9.17) is 34.5 Å². The number of nitrogens with zero attached hydrogens (tertiary/aromatic N) is 2. The Hall–Kier alpha value is -1.78. The summed E-state index contributed by atoms with van der Waals surface area (Å²) in [4.78, 5) is 17.6. The molecule has 25 heavy (non-hydrogen) atoms. The largest absolute Gasteiger partial charge is 0.477 e. The fourth-order valence-corrected chi connectivity index (χ4v) is 4.20. The molecule has 1 fully saturated rings. The van der Waals surface area contributed by atoms with Crippen LogP contribution in [0.25, 0.3) is 4.85 Å². The smallest absolute Gasteiger partial charge is 0.344 e. The van der Waals surface area contributed by atoms with Crippen molar-refractivity contribution in [3.05, 3.63) is 55.7 Å². The summed E-state index contributed by atoms with van der Waals surface area (Å²) in [5.41, 5.74) is 1.73. The molecule has 1 aliphatic heterocycles. The van der Waals surface area contributed by atoms with Crippen molar-refractivity contribution in [1.82, 2.24) is 0 Å². The number of rotatable bonds is 4. The second-order valence-corrected chi connectivity index (χ2v) is 7.32. The average Bonchev–Trinajstić information content (AvgIpc) is 2.97. The van der Waals surface area contributed by atoms with Crippen LogP contribution in [0.4, 0.5) is 10.7 Å². The van der Waals surface area contributed by atoms with Crippen LogP contribution in [0, 0.1) is 6.57 Å². The number of hydrogen-bond donors (Lipinski definition) is 1. The monoisotopic (exact) mass is 396 g/mol. The fraction of sp³-hybridized carbons (Fsp3) is 0.294. The molecule has 3 rings (SSSR count). The first-order chi connectivity index (χ1) is 12.0. The predicted octanol–water partition coefficient (Wildman–Crippen LogP) is 4.73. The number of aromatic carboxylic acids is 1. The second-order valence-electron chi connectivity index (χ2n) is 5.51. The molecule has 5 nitrogen and oxygen atoms in total. The molecule has 0 atom stereocenters. The van der Waals surface area contributed by atoms with Gasteiger partial charge < -0.3 is 14.7 Å². The first-order valence-electron chi connectivity index (χ1n) is 7.54. The third-order valence-corrected chi connectivity index (χ3v) is 5.94. The lowest BCUT2D eigenvalue weighted by Crippen LogP contribution is -2.35. The Morgan fingerprint density at radius 2 is 2.04 bits per heavy atom. The summed E-state index contributed by atoms with van der Waals surface area (Å²) in [7, 11) is 0. The van der Waals surface area contributed by atoms with E-state index in [0.717, 1.165) is 16.9 Å². The summed E-state index contributed by atoms with van der Waals surface area (Å²) >= 11 is 13.1. The van der Waals surface area contributed by atoms with Crippen LogP contribution in [-0.4, -0.2) is 37.4 Å². The van der Waals surface area contributed by atoms with Crippen molar-refractivity contribution in [2.45, 2.75) is 6.42 Å². The predicted molar refractivity (Wildman–Crippen MR) is 99.8 cm³/mol. The molecule has 0 spiro atoms. The number of carboxylic acids is 1. The van der Waals surface area contributed by atoms with Crippen LogP contribution in [0.1, 0.15) is 20.8 Å². The minimum absolute atomic E-state index is 0.193. The first-order valence-corrected chi connectivity index (χ1v) is 9.11. The number of benzene rings is 1. The first kappa shape index (κ1) is 18.0. The Balaban J connectivity index is 2.04. The normalized spacial score (nSPS) is 14.4. The lowest BCUT2D eigenvalue weighted by molar-refractivity contribution is 0.0701. The average molecular weight is 397 g/mol. The summed E-state index contributed by atoms with van der Waals surface area (Å²) in [6.07, 6.45) is 0.317. The summed E-state index contributed by atoms with van der Waals surface area (Å²) in [6.45, 7) is 10.0. The van der Waals surface area contributed by atoms with Crippen molar-refractivity contribution in [3.63, 3.8) is 0 Å². The van der Waals surface area contributed by atoms with Gasteiger partial charge >= 0.3 is 5.97 Å². The number of anilines is 1. The number of morpholine rings is 1. The maximum absolute atomic E-state index is 11.7. The van der Waals surface area contributed by atoms with Crippen LogP contribution in [-0.2, 0) is 11.2 Å². The minimum atomic E-state index is -1.02. The summed E-state index contributed by atoms with van der Waals surface area (Å²) in [6, 6.07) is 5.17. The molecule has 130 valence electrons. The quantitative estimate of drug-likeness (QED) is 0.758. The number of hydrogen-bond acceptors (Lipinski definition) is 4. The van der Waals surface area contributed by atoms with Gasteiger partial charge in [-0.1, -0.05) is 29.3 Å². The molecule has 1 aromatic carbocycles. The molecule has 0 radical (unpaired) electrons. The van der Waals surface area contributed by atoms with E-state index in [1.165, 1.54) is 0 Å². The van der Waals surface area contributed by atoms with Crippen LogP contribution in [0.15, 0.2) is 18.2 Å². The highest BCUT2D eigenvalue weighted by molar-refractivity contribution is 7.18. The van der Waals surface area contributed by atoms with E-state index >= 15 is 0 Å². The molecular formula is C17H14Cl2N2O3S. The van der Waals surface area contributed by atoms with Crippen molar-refractivity contribution in [3.8, 4) is 0 Å². The fourth-order valence-electron chi connectivity index (χ4n) is 2.73. The van der Waals surface area contributed by atoms with Crippen molar-refractivity contribution in [1.29, 1.82) is 0 Å². The number of ether oxygens (including phenoxy) is 1. The maximum atomic E-state index is 11.7. The van der Waals surface area contributed by atoms with E-state index in [1.54, 1.807) is 18.2 Å². The molecule has 0 amide bonds. The molecule has 1 aromatic heterocycles. The Morgan fingerprint density at radius 1 is 1.32 bits per heavy atom. The van der Waals surface area contributed by atoms with E-state index in [9.17, 15) is 9.90 Å².